The number of nitrogen functional groups attached to an aromatic ring is 1. The molecule has 0 aliphatic rings. The van der Waals surface area contributed by atoms with Gasteiger partial charge in [-0.3, -0.25) is 0 Å². The monoisotopic (exact) mass is 312 g/mol. The van der Waals surface area contributed by atoms with E-state index in [-0.39, 0.29) is 0 Å². The number of aromatic nitrogens is 2. The van der Waals surface area contributed by atoms with E-state index in [0.29, 0.717) is 6.04 Å². The molecule has 3 rings (SSSR count). The minimum atomic E-state index is 0.294. The molecular formula is C17H20N4S. The lowest BCUT2D eigenvalue weighted by atomic mass is 10.1. The lowest BCUT2D eigenvalue weighted by Gasteiger charge is -2.31. The zero-order valence-corrected chi connectivity index (χ0v) is 13.9. The van der Waals surface area contributed by atoms with E-state index in [1.807, 2.05) is 18.2 Å². The topological polar surface area (TPSA) is 55.0 Å². The average Bonchev–Trinajstić information content (AvgIpc) is 2.91. The summed E-state index contributed by atoms with van der Waals surface area (Å²) in [5, 5.41) is 3.25. The Morgan fingerprint density at radius 3 is 2.77 bits per heavy atom. The number of thiophene rings is 1. The van der Waals surface area contributed by atoms with Crippen molar-refractivity contribution in [1.29, 1.82) is 0 Å². The Balaban J connectivity index is 2.26. The van der Waals surface area contributed by atoms with Crippen LogP contribution < -0.4 is 10.6 Å². The van der Waals surface area contributed by atoms with E-state index < -0.39 is 0 Å². The average molecular weight is 312 g/mol. The highest BCUT2D eigenvalue weighted by atomic mass is 32.1. The van der Waals surface area contributed by atoms with Gasteiger partial charge in [-0.2, -0.15) is 0 Å². The van der Waals surface area contributed by atoms with Crippen molar-refractivity contribution in [2.75, 3.05) is 10.6 Å². The van der Waals surface area contributed by atoms with Crippen molar-refractivity contribution in [2.45, 2.75) is 33.2 Å². The van der Waals surface area contributed by atoms with Gasteiger partial charge in [-0.15, -0.1) is 11.3 Å². The second-order valence-corrected chi connectivity index (χ2v) is 6.34. The fraction of sp³-hybridized carbons (Fsp3) is 0.294. The van der Waals surface area contributed by atoms with Crippen molar-refractivity contribution in [3.63, 3.8) is 0 Å². The standard InChI is InChI=1S/C17H20N4S/c1-4-12(3)21(14-8-6-5-7-13(14)18)16-15-11(2)9-22-17(15)20-10-19-16/h5-10,12H,4,18H2,1-3H3. The maximum absolute atomic E-state index is 6.23. The van der Waals surface area contributed by atoms with Crippen molar-refractivity contribution in [3.05, 3.63) is 41.5 Å². The van der Waals surface area contributed by atoms with Gasteiger partial charge in [0.1, 0.15) is 17.0 Å². The van der Waals surface area contributed by atoms with Crippen LogP contribution in [0.1, 0.15) is 25.8 Å². The molecule has 1 aromatic carbocycles. The third kappa shape index (κ3) is 2.41. The van der Waals surface area contributed by atoms with E-state index in [1.165, 1.54) is 5.56 Å². The predicted octanol–water partition coefficient (Wildman–Crippen LogP) is 4.52. The molecule has 2 aromatic heterocycles. The van der Waals surface area contributed by atoms with Crippen LogP contribution in [0.3, 0.4) is 0 Å². The number of nitrogens with zero attached hydrogens (tertiary/aromatic N) is 3. The number of hydrogen-bond acceptors (Lipinski definition) is 5. The molecule has 0 saturated carbocycles. The highest BCUT2D eigenvalue weighted by Crippen LogP contribution is 2.38. The highest BCUT2D eigenvalue weighted by Gasteiger charge is 2.22. The molecule has 0 bridgehead atoms. The van der Waals surface area contributed by atoms with Crippen LogP contribution in [-0.2, 0) is 0 Å². The van der Waals surface area contributed by atoms with Gasteiger partial charge in [-0.05, 0) is 43.3 Å². The Morgan fingerprint density at radius 2 is 2.05 bits per heavy atom. The molecule has 114 valence electrons. The number of benzene rings is 1. The van der Waals surface area contributed by atoms with Crippen molar-refractivity contribution in [2.24, 2.45) is 0 Å². The molecule has 2 N–H and O–H groups in total. The SMILES string of the molecule is CCC(C)N(c1ccccc1N)c1ncnc2scc(C)c12. The molecule has 0 fully saturated rings. The summed E-state index contributed by atoms with van der Waals surface area (Å²) in [5.41, 5.74) is 9.20. The summed E-state index contributed by atoms with van der Waals surface area (Å²) in [4.78, 5) is 12.2. The summed E-state index contributed by atoms with van der Waals surface area (Å²) in [6, 6.07) is 8.25. The molecule has 0 saturated heterocycles. The first-order chi connectivity index (χ1) is 10.6. The van der Waals surface area contributed by atoms with Crippen molar-refractivity contribution in [1.82, 2.24) is 9.97 Å². The van der Waals surface area contributed by atoms with E-state index in [2.05, 4.69) is 47.1 Å². The molecule has 0 radical (unpaired) electrons. The second kappa shape index (κ2) is 5.93. The summed E-state index contributed by atoms with van der Waals surface area (Å²) >= 11 is 1.66. The molecule has 0 aliphatic carbocycles. The maximum Gasteiger partial charge on any atom is 0.145 e. The van der Waals surface area contributed by atoms with Crippen LogP contribution in [0.25, 0.3) is 10.2 Å². The van der Waals surface area contributed by atoms with Gasteiger partial charge in [0.2, 0.25) is 0 Å². The van der Waals surface area contributed by atoms with Crippen molar-refractivity contribution in [3.8, 4) is 0 Å². The number of rotatable bonds is 4. The van der Waals surface area contributed by atoms with Gasteiger partial charge < -0.3 is 10.6 Å². The molecule has 5 heteroatoms. The molecule has 1 unspecified atom stereocenters. The first-order valence-corrected chi connectivity index (χ1v) is 8.34. The summed E-state index contributed by atoms with van der Waals surface area (Å²) < 4.78 is 0. The zero-order valence-electron chi connectivity index (χ0n) is 13.1. The van der Waals surface area contributed by atoms with Crippen molar-refractivity contribution >= 4 is 38.7 Å². The van der Waals surface area contributed by atoms with Crippen molar-refractivity contribution < 1.29 is 0 Å². The van der Waals surface area contributed by atoms with Crippen LogP contribution in [0, 0.1) is 6.92 Å². The van der Waals surface area contributed by atoms with Crippen LogP contribution in [-0.4, -0.2) is 16.0 Å². The highest BCUT2D eigenvalue weighted by molar-refractivity contribution is 7.17. The van der Waals surface area contributed by atoms with Gasteiger partial charge in [-0.25, -0.2) is 9.97 Å². The fourth-order valence-electron chi connectivity index (χ4n) is 2.63. The zero-order chi connectivity index (χ0) is 15.7. The van der Waals surface area contributed by atoms with Gasteiger partial charge in [0.15, 0.2) is 0 Å². The molecule has 0 amide bonds. The quantitative estimate of drug-likeness (QED) is 0.720. The minimum absolute atomic E-state index is 0.294. The first-order valence-electron chi connectivity index (χ1n) is 7.46. The lowest BCUT2D eigenvalue weighted by molar-refractivity contribution is 0.683. The van der Waals surface area contributed by atoms with E-state index in [0.717, 1.165) is 33.8 Å². The summed E-state index contributed by atoms with van der Waals surface area (Å²) in [7, 11) is 0. The smallest absolute Gasteiger partial charge is 0.145 e. The van der Waals surface area contributed by atoms with Gasteiger partial charge in [0, 0.05) is 6.04 Å². The molecule has 4 nitrogen and oxygen atoms in total. The summed E-state index contributed by atoms with van der Waals surface area (Å²) in [5.74, 6) is 0.941. The minimum Gasteiger partial charge on any atom is -0.397 e. The molecule has 22 heavy (non-hydrogen) atoms. The number of nitrogens with two attached hydrogens (primary N) is 1. The second-order valence-electron chi connectivity index (χ2n) is 5.48. The maximum atomic E-state index is 6.23. The summed E-state index contributed by atoms with van der Waals surface area (Å²) in [6.07, 6.45) is 2.64. The van der Waals surface area contributed by atoms with E-state index in [4.69, 9.17) is 5.73 Å². The number of fused-ring (bicyclic) bond motifs is 1. The molecule has 0 aliphatic heterocycles. The number of hydrogen-bond donors (Lipinski definition) is 1. The third-order valence-electron chi connectivity index (χ3n) is 3.99. The Hall–Kier alpha value is -2.14. The first kappa shape index (κ1) is 14.8. The van der Waals surface area contributed by atoms with Gasteiger partial charge in [0.25, 0.3) is 0 Å². The number of aryl methyl sites for hydroxylation is 1. The van der Waals surface area contributed by atoms with E-state index in [9.17, 15) is 0 Å². The van der Waals surface area contributed by atoms with E-state index >= 15 is 0 Å². The Kier molecular flexibility index (Phi) is 3.98. The molecule has 3 aromatic rings. The Bertz CT molecular complexity index is 796. The van der Waals surface area contributed by atoms with Crippen LogP contribution in [0.4, 0.5) is 17.2 Å². The van der Waals surface area contributed by atoms with Crippen LogP contribution in [0.5, 0.6) is 0 Å². The van der Waals surface area contributed by atoms with Crippen LogP contribution in [0.2, 0.25) is 0 Å². The third-order valence-corrected chi connectivity index (χ3v) is 4.99. The van der Waals surface area contributed by atoms with Crippen LogP contribution >= 0.6 is 11.3 Å². The van der Waals surface area contributed by atoms with Gasteiger partial charge >= 0.3 is 0 Å². The Morgan fingerprint density at radius 1 is 1.27 bits per heavy atom. The number of para-hydroxylation sites is 2. The largest absolute Gasteiger partial charge is 0.397 e. The van der Waals surface area contributed by atoms with E-state index in [1.54, 1.807) is 17.7 Å². The molecular weight excluding hydrogens is 292 g/mol. The normalized spacial score (nSPS) is 12.5. The lowest BCUT2D eigenvalue weighted by Crippen LogP contribution is -2.29. The van der Waals surface area contributed by atoms with Gasteiger partial charge in [0.05, 0.1) is 16.8 Å². The predicted molar refractivity (Wildman–Crippen MR) is 94.9 cm³/mol. The molecule has 2 heterocycles. The van der Waals surface area contributed by atoms with Crippen LogP contribution in [0.15, 0.2) is 36.0 Å². The Labute approximate surface area is 134 Å². The molecule has 0 spiro atoms. The van der Waals surface area contributed by atoms with Gasteiger partial charge in [-0.1, -0.05) is 19.1 Å². The number of anilines is 3. The molecule has 1 atom stereocenters. The summed E-state index contributed by atoms with van der Waals surface area (Å²) in [6.45, 7) is 6.48. The fourth-order valence-corrected chi connectivity index (χ4v) is 3.52.